The maximum Gasteiger partial charge on any atom is 0.411 e. The Bertz CT molecular complexity index is 1160. The first kappa shape index (κ1) is 23.7. The van der Waals surface area contributed by atoms with E-state index in [4.69, 9.17) is 9.84 Å². The number of nitrogens with one attached hydrogen (secondary N) is 2. The molecule has 0 aliphatic carbocycles. The summed E-state index contributed by atoms with van der Waals surface area (Å²) >= 11 is 0. The predicted octanol–water partition coefficient (Wildman–Crippen LogP) is 2.64. The third kappa shape index (κ3) is 6.75. The highest BCUT2D eigenvalue weighted by Gasteiger charge is 2.09. The van der Waals surface area contributed by atoms with Crippen molar-refractivity contribution < 1.29 is 19.4 Å². The molecule has 1 aromatic heterocycles. The van der Waals surface area contributed by atoms with Crippen LogP contribution < -0.4 is 16.2 Å². The predicted molar refractivity (Wildman–Crippen MR) is 124 cm³/mol. The number of hydrogen-bond acceptors (Lipinski definition) is 6. The van der Waals surface area contributed by atoms with Crippen LogP contribution in [0.3, 0.4) is 0 Å². The standard InChI is InChI=1S/C24H26N4O5/c1-2-33-24(32)26-20-6-3-5-17(15-20)16-28-22(30)12-11-21(27-28)18-7-9-19(10-8-18)23(31)25-13-4-14-29/h3,5-12,15,29H,2,4,13-14,16H2,1H3,(H,25,31)(H,26,32). The highest BCUT2D eigenvalue weighted by Crippen LogP contribution is 2.17. The SMILES string of the molecule is CCOC(=O)Nc1cccc(Cn2nc(-c3ccc(C(=O)NCCCO)cc3)ccc2=O)c1. The average Bonchev–Trinajstić information content (AvgIpc) is 2.81. The Kier molecular flexibility index (Phi) is 8.31. The fourth-order valence-electron chi connectivity index (χ4n) is 3.10. The van der Waals surface area contributed by atoms with Crippen LogP contribution in [0.4, 0.5) is 10.5 Å². The van der Waals surface area contributed by atoms with Gasteiger partial charge in [0.15, 0.2) is 0 Å². The second kappa shape index (κ2) is 11.6. The number of hydrogen-bond donors (Lipinski definition) is 3. The Balaban J connectivity index is 1.74. The van der Waals surface area contributed by atoms with Crippen molar-refractivity contribution in [2.75, 3.05) is 25.1 Å². The lowest BCUT2D eigenvalue weighted by Gasteiger charge is -2.10. The van der Waals surface area contributed by atoms with Crippen molar-refractivity contribution >= 4 is 17.7 Å². The summed E-state index contributed by atoms with van der Waals surface area (Å²) in [6.45, 7) is 2.64. The monoisotopic (exact) mass is 450 g/mol. The quantitative estimate of drug-likeness (QED) is 0.431. The van der Waals surface area contributed by atoms with E-state index in [1.54, 1.807) is 55.5 Å². The van der Waals surface area contributed by atoms with Gasteiger partial charge in [-0.3, -0.25) is 14.9 Å². The number of nitrogens with zero attached hydrogens (tertiary/aromatic N) is 2. The number of aromatic nitrogens is 2. The molecule has 0 aliphatic rings. The molecule has 0 saturated carbocycles. The fraction of sp³-hybridized carbons (Fsp3) is 0.250. The molecule has 0 unspecified atom stereocenters. The maximum atomic E-state index is 12.4. The van der Waals surface area contributed by atoms with E-state index in [9.17, 15) is 14.4 Å². The smallest absolute Gasteiger partial charge is 0.411 e. The summed E-state index contributed by atoms with van der Waals surface area (Å²) in [5, 5.41) is 18.6. The molecule has 0 aliphatic heterocycles. The number of anilines is 1. The van der Waals surface area contributed by atoms with Crippen LogP contribution in [0.15, 0.2) is 65.5 Å². The molecule has 0 atom stereocenters. The largest absolute Gasteiger partial charge is 0.450 e. The molecule has 3 N–H and O–H groups in total. The average molecular weight is 450 g/mol. The van der Waals surface area contributed by atoms with E-state index in [-0.39, 0.29) is 31.2 Å². The van der Waals surface area contributed by atoms with Crippen molar-refractivity contribution in [3.8, 4) is 11.3 Å². The molecule has 0 saturated heterocycles. The number of aliphatic hydroxyl groups excluding tert-OH is 1. The van der Waals surface area contributed by atoms with Gasteiger partial charge in [0.25, 0.3) is 11.5 Å². The maximum absolute atomic E-state index is 12.4. The molecular formula is C24H26N4O5. The lowest BCUT2D eigenvalue weighted by atomic mass is 10.1. The van der Waals surface area contributed by atoms with E-state index in [1.807, 2.05) is 6.07 Å². The molecule has 3 rings (SSSR count). The van der Waals surface area contributed by atoms with Gasteiger partial charge in [0.05, 0.1) is 18.8 Å². The van der Waals surface area contributed by atoms with E-state index < -0.39 is 6.09 Å². The summed E-state index contributed by atoms with van der Waals surface area (Å²) in [6, 6.07) is 17.1. The third-order valence-electron chi connectivity index (χ3n) is 4.71. The first-order valence-electron chi connectivity index (χ1n) is 10.6. The first-order chi connectivity index (χ1) is 16.0. The minimum Gasteiger partial charge on any atom is -0.450 e. The first-order valence-corrected chi connectivity index (χ1v) is 10.6. The van der Waals surface area contributed by atoms with Crippen LogP contribution in [0.5, 0.6) is 0 Å². The molecule has 3 aromatic rings. The van der Waals surface area contributed by atoms with Crippen LogP contribution in [0, 0.1) is 0 Å². The molecule has 9 nitrogen and oxygen atoms in total. The van der Waals surface area contributed by atoms with Crippen molar-refractivity contribution in [1.29, 1.82) is 0 Å². The molecule has 0 fully saturated rings. The number of amides is 2. The third-order valence-corrected chi connectivity index (χ3v) is 4.71. The lowest BCUT2D eigenvalue weighted by Crippen LogP contribution is -2.25. The molecule has 33 heavy (non-hydrogen) atoms. The summed E-state index contributed by atoms with van der Waals surface area (Å²) in [7, 11) is 0. The van der Waals surface area contributed by atoms with Crippen LogP contribution >= 0.6 is 0 Å². The molecule has 2 amide bonds. The van der Waals surface area contributed by atoms with Crippen LogP contribution in [0.2, 0.25) is 0 Å². The fourth-order valence-corrected chi connectivity index (χ4v) is 3.10. The second-order valence-electron chi connectivity index (χ2n) is 7.17. The van der Waals surface area contributed by atoms with Crippen LogP contribution in [-0.2, 0) is 11.3 Å². The van der Waals surface area contributed by atoms with E-state index in [2.05, 4.69) is 15.7 Å². The molecule has 172 valence electrons. The van der Waals surface area contributed by atoms with E-state index in [0.29, 0.717) is 29.9 Å². The number of rotatable bonds is 9. The Morgan fingerprint density at radius 2 is 1.88 bits per heavy atom. The normalized spacial score (nSPS) is 10.5. The van der Waals surface area contributed by atoms with Gasteiger partial charge in [0.1, 0.15) is 0 Å². The van der Waals surface area contributed by atoms with Gasteiger partial charge in [-0.2, -0.15) is 5.10 Å². The minimum absolute atomic E-state index is 0.0206. The summed E-state index contributed by atoms with van der Waals surface area (Å²) in [5.74, 6) is -0.218. The number of ether oxygens (including phenoxy) is 1. The van der Waals surface area contributed by atoms with Gasteiger partial charge in [-0.25, -0.2) is 9.48 Å². The molecule has 0 spiro atoms. The van der Waals surface area contributed by atoms with Crippen molar-refractivity contribution in [1.82, 2.24) is 15.1 Å². The molecule has 0 bridgehead atoms. The highest BCUT2D eigenvalue weighted by molar-refractivity contribution is 5.94. The Morgan fingerprint density at radius 1 is 1.09 bits per heavy atom. The Morgan fingerprint density at radius 3 is 2.61 bits per heavy atom. The van der Waals surface area contributed by atoms with Crippen LogP contribution in [0.1, 0.15) is 29.3 Å². The van der Waals surface area contributed by atoms with Crippen LogP contribution in [0.25, 0.3) is 11.3 Å². The Labute approximate surface area is 191 Å². The van der Waals surface area contributed by atoms with E-state index >= 15 is 0 Å². The van der Waals surface area contributed by atoms with Crippen molar-refractivity contribution in [3.05, 3.63) is 82.1 Å². The minimum atomic E-state index is -0.544. The Hall–Kier alpha value is -3.98. The summed E-state index contributed by atoms with van der Waals surface area (Å²) < 4.78 is 6.22. The van der Waals surface area contributed by atoms with Gasteiger partial charge < -0.3 is 15.2 Å². The molecule has 0 radical (unpaired) electrons. The van der Waals surface area contributed by atoms with Gasteiger partial charge in [-0.1, -0.05) is 24.3 Å². The zero-order valence-corrected chi connectivity index (χ0v) is 18.3. The zero-order chi connectivity index (χ0) is 23.6. The number of carbonyl (C=O) groups excluding carboxylic acids is 2. The lowest BCUT2D eigenvalue weighted by molar-refractivity contribution is 0.0951. The zero-order valence-electron chi connectivity index (χ0n) is 18.3. The molecular weight excluding hydrogens is 424 g/mol. The number of carbonyl (C=O) groups is 2. The van der Waals surface area contributed by atoms with Gasteiger partial charge in [0, 0.05) is 36.0 Å². The molecule has 2 aromatic carbocycles. The summed E-state index contributed by atoms with van der Waals surface area (Å²) in [6.07, 6.45) is -0.0469. The summed E-state index contributed by atoms with van der Waals surface area (Å²) in [4.78, 5) is 36.1. The highest BCUT2D eigenvalue weighted by atomic mass is 16.5. The van der Waals surface area contributed by atoms with Crippen molar-refractivity contribution in [3.63, 3.8) is 0 Å². The number of benzene rings is 2. The van der Waals surface area contributed by atoms with E-state index in [0.717, 1.165) is 11.1 Å². The van der Waals surface area contributed by atoms with Gasteiger partial charge in [-0.15, -0.1) is 0 Å². The molecule has 1 heterocycles. The molecule has 9 heteroatoms. The second-order valence-corrected chi connectivity index (χ2v) is 7.17. The van der Waals surface area contributed by atoms with Gasteiger partial charge in [-0.05, 0) is 49.2 Å². The summed E-state index contributed by atoms with van der Waals surface area (Å²) in [5.41, 5.74) is 2.92. The van der Waals surface area contributed by atoms with E-state index in [1.165, 1.54) is 10.7 Å². The van der Waals surface area contributed by atoms with Gasteiger partial charge in [0.2, 0.25) is 0 Å². The van der Waals surface area contributed by atoms with Crippen molar-refractivity contribution in [2.45, 2.75) is 19.9 Å². The topological polar surface area (TPSA) is 123 Å². The number of aliphatic hydroxyl groups is 1. The van der Waals surface area contributed by atoms with Crippen LogP contribution in [-0.4, -0.2) is 46.6 Å². The van der Waals surface area contributed by atoms with Crippen molar-refractivity contribution in [2.24, 2.45) is 0 Å². The van der Waals surface area contributed by atoms with Gasteiger partial charge >= 0.3 is 6.09 Å².